The van der Waals surface area contributed by atoms with Crippen LogP contribution < -0.4 is 0 Å². The molecule has 4 heterocycles. The lowest BCUT2D eigenvalue weighted by Crippen LogP contribution is -2.44. The van der Waals surface area contributed by atoms with Gasteiger partial charge in [0, 0.05) is 37.2 Å². The van der Waals surface area contributed by atoms with Crippen molar-refractivity contribution in [2.24, 2.45) is 5.41 Å². The van der Waals surface area contributed by atoms with Gasteiger partial charge in [-0.2, -0.15) is 4.98 Å². The molecule has 0 radical (unpaired) electrons. The van der Waals surface area contributed by atoms with Gasteiger partial charge in [-0.1, -0.05) is 28.5 Å². The number of piperidine rings is 1. The molecule has 174 valence electrons. The third-order valence-electron chi connectivity index (χ3n) is 7.45. The van der Waals surface area contributed by atoms with Gasteiger partial charge in [-0.3, -0.25) is 9.69 Å². The van der Waals surface area contributed by atoms with Gasteiger partial charge in [-0.05, 0) is 64.1 Å². The fraction of sp³-hybridized carbons (Fsp3) is 0.520. The second-order valence-corrected chi connectivity index (χ2v) is 9.64. The first kappa shape index (κ1) is 21.8. The van der Waals surface area contributed by atoms with Crippen molar-refractivity contribution in [3.8, 4) is 11.5 Å². The van der Waals surface area contributed by atoms with Crippen molar-refractivity contribution in [2.75, 3.05) is 26.7 Å². The molecule has 33 heavy (non-hydrogen) atoms. The van der Waals surface area contributed by atoms with E-state index in [9.17, 15) is 4.79 Å². The highest BCUT2D eigenvalue weighted by Gasteiger charge is 2.46. The molecule has 2 fully saturated rings. The normalized spacial score (nSPS) is 20.6. The average Bonchev–Trinajstić information content (AvgIpc) is 3.52. The van der Waals surface area contributed by atoms with Crippen LogP contribution in [-0.2, 0) is 11.2 Å². The second-order valence-electron chi connectivity index (χ2n) is 9.64. The molecule has 2 saturated heterocycles. The summed E-state index contributed by atoms with van der Waals surface area (Å²) in [6, 6.07) is 10.0. The summed E-state index contributed by atoms with van der Waals surface area (Å²) in [7, 11) is 2.14. The molecule has 1 atom stereocenters. The Morgan fingerprint density at radius 2 is 1.88 bits per heavy atom. The molecule has 8 nitrogen and oxygen atoms in total. The first-order valence-electron chi connectivity index (χ1n) is 11.7. The van der Waals surface area contributed by atoms with E-state index in [0.717, 1.165) is 67.3 Å². The van der Waals surface area contributed by atoms with Gasteiger partial charge in [-0.15, -0.1) is 0 Å². The van der Waals surface area contributed by atoms with Crippen molar-refractivity contribution < 1.29 is 13.8 Å². The molecule has 3 aromatic rings. The maximum absolute atomic E-state index is 12.8. The highest BCUT2D eigenvalue weighted by molar-refractivity contribution is 5.76. The number of carbonyl (C=O) groups excluding carboxylic acids is 1. The second kappa shape index (κ2) is 8.74. The first-order chi connectivity index (χ1) is 15.9. The van der Waals surface area contributed by atoms with Crippen LogP contribution in [0.4, 0.5) is 0 Å². The molecule has 2 aliphatic rings. The number of aryl methyl sites for hydroxylation is 2. The SMILES string of the molecule is Cc1noc(C)c1CCC(=O)N1CCC2(CC1)CC(c1noc(-c3ccccc3)n1)N(C)C2. The van der Waals surface area contributed by atoms with Crippen LogP contribution in [0.1, 0.15) is 54.6 Å². The Labute approximate surface area is 193 Å². The zero-order valence-electron chi connectivity index (χ0n) is 19.6. The standard InChI is InChI=1S/C25H31N5O3/c1-17-20(18(2)32-27-17)9-10-22(31)30-13-11-25(12-14-30)15-21(29(3)16-25)23-26-24(33-28-23)19-7-5-4-6-8-19/h4-8,21H,9-16H2,1-3H3. The van der Waals surface area contributed by atoms with E-state index < -0.39 is 0 Å². The number of aromatic nitrogens is 3. The monoisotopic (exact) mass is 449 g/mol. The number of carbonyl (C=O) groups is 1. The Bertz CT molecular complexity index is 1090. The summed E-state index contributed by atoms with van der Waals surface area (Å²) in [5.41, 5.74) is 3.09. The van der Waals surface area contributed by atoms with E-state index in [4.69, 9.17) is 14.0 Å². The summed E-state index contributed by atoms with van der Waals surface area (Å²) >= 11 is 0. The van der Waals surface area contributed by atoms with Gasteiger partial charge in [-0.25, -0.2) is 0 Å². The fourth-order valence-electron chi connectivity index (χ4n) is 5.47. The highest BCUT2D eigenvalue weighted by Crippen LogP contribution is 2.48. The zero-order valence-corrected chi connectivity index (χ0v) is 19.6. The van der Waals surface area contributed by atoms with Crippen molar-refractivity contribution in [3.63, 3.8) is 0 Å². The average molecular weight is 450 g/mol. The summed E-state index contributed by atoms with van der Waals surface area (Å²) in [6.45, 7) is 6.45. The molecule has 0 aliphatic carbocycles. The van der Waals surface area contributed by atoms with E-state index in [1.165, 1.54) is 0 Å². The van der Waals surface area contributed by atoms with Gasteiger partial charge in [0.1, 0.15) is 5.76 Å². The molecule has 1 unspecified atom stereocenters. The lowest BCUT2D eigenvalue weighted by molar-refractivity contribution is -0.133. The Hall–Kier alpha value is -3.00. The van der Waals surface area contributed by atoms with E-state index in [-0.39, 0.29) is 17.4 Å². The number of nitrogens with zero attached hydrogens (tertiary/aromatic N) is 5. The topological polar surface area (TPSA) is 88.5 Å². The van der Waals surface area contributed by atoms with E-state index in [1.807, 2.05) is 49.1 Å². The smallest absolute Gasteiger partial charge is 0.257 e. The van der Waals surface area contributed by atoms with Crippen LogP contribution in [0.25, 0.3) is 11.5 Å². The lowest BCUT2D eigenvalue weighted by atomic mass is 9.76. The quantitative estimate of drug-likeness (QED) is 0.582. The Balaban J connectivity index is 1.18. The summed E-state index contributed by atoms with van der Waals surface area (Å²) in [4.78, 5) is 21.9. The van der Waals surface area contributed by atoms with Gasteiger partial charge in [0.15, 0.2) is 5.82 Å². The van der Waals surface area contributed by atoms with Gasteiger partial charge in [0.05, 0.1) is 11.7 Å². The van der Waals surface area contributed by atoms with Gasteiger partial charge in [0.2, 0.25) is 5.91 Å². The molecule has 5 rings (SSSR count). The Morgan fingerprint density at radius 3 is 2.58 bits per heavy atom. The van der Waals surface area contributed by atoms with Crippen molar-refractivity contribution in [1.82, 2.24) is 25.1 Å². The van der Waals surface area contributed by atoms with Crippen LogP contribution >= 0.6 is 0 Å². The molecule has 2 aromatic heterocycles. The minimum atomic E-state index is 0.146. The fourth-order valence-corrected chi connectivity index (χ4v) is 5.47. The highest BCUT2D eigenvalue weighted by atomic mass is 16.5. The number of hydrogen-bond acceptors (Lipinski definition) is 7. The largest absolute Gasteiger partial charge is 0.361 e. The van der Waals surface area contributed by atoms with Crippen LogP contribution in [0.5, 0.6) is 0 Å². The molecule has 0 saturated carbocycles. The van der Waals surface area contributed by atoms with Crippen LogP contribution in [0.15, 0.2) is 39.4 Å². The predicted molar refractivity (Wildman–Crippen MR) is 122 cm³/mol. The van der Waals surface area contributed by atoms with Crippen molar-refractivity contribution >= 4 is 5.91 Å². The van der Waals surface area contributed by atoms with E-state index in [0.29, 0.717) is 18.7 Å². The molecule has 1 amide bonds. The number of likely N-dealkylation sites (tertiary alicyclic amines) is 2. The molecular weight excluding hydrogens is 418 g/mol. The van der Waals surface area contributed by atoms with Crippen molar-refractivity contribution in [3.05, 3.63) is 53.2 Å². The minimum Gasteiger partial charge on any atom is -0.361 e. The molecule has 1 aromatic carbocycles. The molecule has 1 spiro atoms. The van der Waals surface area contributed by atoms with Crippen molar-refractivity contribution in [1.29, 1.82) is 0 Å². The summed E-state index contributed by atoms with van der Waals surface area (Å²) in [5, 5.41) is 8.30. The van der Waals surface area contributed by atoms with E-state index in [1.54, 1.807) is 0 Å². The third kappa shape index (κ3) is 4.31. The summed E-state index contributed by atoms with van der Waals surface area (Å²) in [5.74, 6) is 2.36. The van der Waals surface area contributed by atoms with Crippen molar-refractivity contribution in [2.45, 2.75) is 52.0 Å². The summed E-state index contributed by atoms with van der Waals surface area (Å²) in [6.07, 6.45) is 4.21. The minimum absolute atomic E-state index is 0.146. The van der Waals surface area contributed by atoms with Crippen LogP contribution in [0.2, 0.25) is 0 Å². The van der Waals surface area contributed by atoms with Gasteiger partial charge in [0.25, 0.3) is 5.89 Å². The maximum Gasteiger partial charge on any atom is 0.257 e. The predicted octanol–water partition coefficient (Wildman–Crippen LogP) is 3.96. The first-order valence-corrected chi connectivity index (χ1v) is 11.7. The number of amides is 1. The van der Waals surface area contributed by atoms with Crippen LogP contribution in [0, 0.1) is 19.3 Å². The summed E-state index contributed by atoms with van der Waals surface area (Å²) < 4.78 is 10.8. The Kier molecular flexibility index (Phi) is 5.78. The van der Waals surface area contributed by atoms with Gasteiger partial charge < -0.3 is 13.9 Å². The molecule has 2 aliphatic heterocycles. The van der Waals surface area contributed by atoms with E-state index in [2.05, 4.69) is 22.3 Å². The van der Waals surface area contributed by atoms with Crippen LogP contribution in [0.3, 0.4) is 0 Å². The lowest BCUT2D eigenvalue weighted by Gasteiger charge is -2.39. The third-order valence-corrected chi connectivity index (χ3v) is 7.45. The maximum atomic E-state index is 12.8. The van der Waals surface area contributed by atoms with Gasteiger partial charge >= 0.3 is 0 Å². The molecule has 0 bridgehead atoms. The molecule has 8 heteroatoms. The molecular formula is C25H31N5O3. The number of hydrogen-bond donors (Lipinski definition) is 0. The number of benzene rings is 1. The number of rotatable bonds is 5. The van der Waals surface area contributed by atoms with E-state index >= 15 is 0 Å². The zero-order chi connectivity index (χ0) is 23.0. The molecule has 0 N–H and O–H groups in total. The Morgan fingerprint density at radius 1 is 1.12 bits per heavy atom. The van der Waals surface area contributed by atoms with Crippen LogP contribution in [-0.4, -0.2) is 57.7 Å².